The van der Waals surface area contributed by atoms with E-state index in [-0.39, 0.29) is 16.3 Å². The average Bonchev–Trinajstić information content (AvgIpc) is 2.79. The van der Waals surface area contributed by atoms with Crippen LogP contribution in [0.2, 0.25) is 5.02 Å². The quantitative estimate of drug-likeness (QED) is 0.352. The molecule has 1 N–H and O–H groups in total. The Morgan fingerprint density at radius 2 is 1.71 bits per heavy atom. The van der Waals surface area contributed by atoms with Crippen LogP contribution in [0, 0.1) is 17.2 Å². The number of alkyl halides is 2. The number of carboxylic acids is 1. The molecule has 176 valence electrons. The number of hydrogen-bond donors (Lipinski definition) is 1. The number of para-hydroxylation sites is 1. The number of benzene rings is 3. The minimum Gasteiger partial charge on any atom is -0.481 e. The van der Waals surface area contributed by atoms with E-state index < -0.39 is 29.8 Å². The molecule has 0 fully saturated rings. The molecule has 5 nitrogen and oxygen atoms in total. The van der Waals surface area contributed by atoms with Gasteiger partial charge in [-0.05, 0) is 53.4 Å². The smallest absolute Gasteiger partial charge is 0.387 e. The molecule has 0 aromatic heterocycles. The van der Waals surface area contributed by atoms with E-state index in [1.54, 1.807) is 50.2 Å². The minimum atomic E-state index is -3.09. The van der Waals surface area contributed by atoms with Gasteiger partial charge in [0.1, 0.15) is 22.7 Å². The second kappa shape index (κ2) is 10.5. The van der Waals surface area contributed by atoms with Gasteiger partial charge in [-0.1, -0.05) is 61.8 Å². The molecule has 0 bridgehead atoms. The van der Waals surface area contributed by atoms with Crippen molar-refractivity contribution in [1.82, 2.24) is 0 Å². The standard InChI is InChI=1S/C26H22ClF2NO4/c1-16(2)26(24(31)32,18-11-12-23(22(27)14-18)34-25(28)29)21(15-30)17-7-6-10-20(13-17)33-19-8-4-3-5-9-19/h3-14,16,21,25H,1-2H3,(H,31,32). The zero-order chi connectivity index (χ0) is 24.9. The van der Waals surface area contributed by atoms with Gasteiger partial charge in [0, 0.05) is 0 Å². The molecule has 3 aromatic carbocycles. The fraction of sp³-hybridized carbons (Fsp3) is 0.231. The maximum Gasteiger partial charge on any atom is 0.387 e. The zero-order valence-corrected chi connectivity index (χ0v) is 19.2. The van der Waals surface area contributed by atoms with E-state index in [2.05, 4.69) is 10.8 Å². The molecule has 0 aliphatic carbocycles. The van der Waals surface area contributed by atoms with Crippen LogP contribution >= 0.6 is 11.6 Å². The van der Waals surface area contributed by atoms with Crippen molar-refractivity contribution >= 4 is 17.6 Å². The fourth-order valence-electron chi connectivity index (χ4n) is 4.10. The molecule has 0 spiro atoms. The maximum absolute atomic E-state index is 12.8. The van der Waals surface area contributed by atoms with Gasteiger partial charge in [0.25, 0.3) is 0 Å². The van der Waals surface area contributed by atoms with Gasteiger partial charge in [-0.25, -0.2) is 0 Å². The molecule has 0 aliphatic heterocycles. The lowest BCUT2D eigenvalue weighted by atomic mass is 9.62. The Balaban J connectivity index is 2.12. The molecule has 0 radical (unpaired) electrons. The number of carboxylic acid groups (broad SMARTS) is 1. The Bertz CT molecular complexity index is 1200. The molecule has 2 unspecified atom stereocenters. The first-order valence-corrected chi connectivity index (χ1v) is 10.8. The summed E-state index contributed by atoms with van der Waals surface area (Å²) in [6.45, 7) is 0.275. The van der Waals surface area contributed by atoms with Gasteiger partial charge >= 0.3 is 12.6 Å². The van der Waals surface area contributed by atoms with Crippen molar-refractivity contribution in [3.63, 3.8) is 0 Å². The van der Waals surface area contributed by atoms with E-state index in [1.807, 2.05) is 18.2 Å². The molecule has 34 heavy (non-hydrogen) atoms. The van der Waals surface area contributed by atoms with Crippen LogP contribution in [0.25, 0.3) is 0 Å². The maximum atomic E-state index is 12.8. The van der Waals surface area contributed by atoms with Crippen LogP contribution in [0.3, 0.4) is 0 Å². The van der Waals surface area contributed by atoms with Crippen LogP contribution in [0.4, 0.5) is 8.78 Å². The molecule has 0 aliphatic rings. The summed E-state index contributed by atoms with van der Waals surface area (Å²) in [5.41, 5.74) is -1.12. The van der Waals surface area contributed by atoms with E-state index in [9.17, 15) is 23.9 Å². The Hall–Kier alpha value is -3.63. The van der Waals surface area contributed by atoms with Crippen LogP contribution in [0.5, 0.6) is 17.2 Å². The third-order valence-corrected chi connectivity index (χ3v) is 5.94. The summed E-state index contributed by atoms with van der Waals surface area (Å²) in [5, 5.41) is 20.5. The highest BCUT2D eigenvalue weighted by Gasteiger charge is 2.51. The van der Waals surface area contributed by atoms with Gasteiger partial charge < -0.3 is 14.6 Å². The lowest BCUT2D eigenvalue weighted by Gasteiger charge is -2.38. The molecule has 0 saturated heterocycles. The summed E-state index contributed by atoms with van der Waals surface area (Å²) in [6.07, 6.45) is 0. The summed E-state index contributed by atoms with van der Waals surface area (Å²) in [4.78, 5) is 12.8. The fourth-order valence-corrected chi connectivity index (χ4v) is 4.32. The summed E-state index contributed by atoms with van der Waals surface area (Å²) < 4.78 is 35.6. The summed E-state index contributed by atoms with van der Waals surface area (Å²) in [5.74, 6) is -2.24. The van der Waals surface area contributed by atoms with Crippen molar-refractivity contribution in [2.75, 3.05) is 0 Å². The predicted molar refractivity (Wildman–Crippen MR) is 124 cm³/mol. The van der Waals surface area contributed by atoms with Crippen molar-refractivity contribution in [2.24, 2.45) is 5.92 Å². The number of carbonyl (C=O) groups is 1. The normalized spacial score (nSPS) is 13.7. The summed E-state index contributed by atoms with van der Waals surface area (Å²) in [7, 11) is 0. The number of halogens is 3. The third kappa shape index (κ3) is 4.97. The van der Waals surface area contributed by atoms with Crippen LogP contribution in [-0.2, 0) is 10.2 Å². The lowest BCUT2D eigenvalue weighted by Crippen LogP contribution is -2.46. The molecule has 0 heterocycles. The van der Waals surface area contributed by atoms with E-state index in [4.69, 9.17) is 16.3 Å². The first kappa shape index (κ1) is 25.0. The van der Waals surface area contributed by atoms with Gasteiger partial charge in [-0.15, -0.1) is 0 Å². The molecule has 8 heteroatoms. The monoisotopic (exact) mass is 485 g/mol. The topological polar surface area (TPSA) is 79.5 Å². The average molecular weight is 486 g/mol. The largest absolute Gasteiger partial charge is 0.481 e. The number of rotatable bonds is 9. The second-order valence-electron chi connectivity index (χ2n) is 7.90. The van der Waals surface area contributed by atoms with Crippen molar-refractivity contribution in [3.05, 3.63) is 88.9 Å². The summed E-state index contributed by atoms with van der Waals surface area (Å²) in [6, 6.07) is 21.6. The molecular formula is C26H22ClF2NO4. The number of hydrogen-bond acceptors (Lipinski definition) is 4. The molecule has 0 saturated carbocycles. The number of nitriles is 1. The van der Waals surface area contributed by atoms with Crippen molar-refractivity contribution < 1.29 is 28.2 Å². The van der Waals surface area contributed by atoms with Crippen LogP contribution in [0.1, 0.15) is 30.9 Å². The van der Waals surface area contributed by atoms with E-state index in [1.165, 1.54) is 18.2 Å². The van der Waals surface area contributed by atoms with Crippen molar-refractivity contribution in [2.45, 2.75) is 31.8 Å². The first-order valence-electron chi connectivity index (χ1n) is 10.4. The van der Waals surface area contributed by atoms with Gasteiger partial charge in [-0.2, -0.15) is 14.0 Å². The summed E-state index contributed by atoms with van der Waals surface area (Å²) >= 11 is 6.14. The Morgan fingerprint density at radius 1 is 1.03 bits per heavy atom. The van der Waals surface area contributed by atoms with Gasteiger partial charge in [0.2, 0.25) is 0 Å². The van der Waals surface area contributed by atoms with Crippen molar-refractivity contribution in [3.8, 4) is 23.3 Å². The SMILES string of the molecule is CC(C)C(C(=O)O)(c1ccc(OC(F)F)c(Cl)c1)C(C#N)c1cccc(Oc2ccccc2)c1. The molecule has 0 amide bonds. The third-order valence-electron chi connectivity index (χ3n) is 5.64. The molecular weight excluding hydrogens is 464 g/mol. The van der Waals surface area contributed by atoms with E-state index in [0.717, 1.165) is 0 Å². The molecule has 3 aromatic rings. The first-order chi connectivity index (χ1) is 16.2. The molecule has 3 rings (SSSR count). The van der Waals surface area contributed by atoms with Gasteiger partial charge in [0.05, 0.1) is 17.0 Å². The van der Waals surface area contributed by atoms with Crippen LogP contribution < -0.4 is 9.47 Å². The minimum absolute atomic E-state index is 0.179. The molecule has 2 atom stereocenters. The Morgan fingerprint density at radius 3 is 2.26 bits per heavy atom. The van der Waals surface area contributed by atoms with Crippen molar-refractivity contribution in [1.29, 1.82) is 5.26 Å². The highest BCUT2D eigenvalue weighted by atomic mass is 35.5. The Kier molecular flexibility index (Phi) is 7.75. The highest BCUT2D eigenvalue weighted by Crippen LogP contribution is 2.47. The highest BCUT2D eigenvalue weighted by molar-refractivity contribution is 6.32. The van der Waals surface area contributed by atoms with Crippen LogP contribution in [0.15, 0.2) is 72.8 Å². The second-order valence-corrected chi connectivity index (χ2v) is 8.31. The predicted octanol–water partition coefficient (Wildman–Crippen LogP) is 7.02. The number of ether oxygens (including phenoxy) is 2. The van der Waals surface area contributed by atoms with Gasteiger partial charge in [-0.3, -0.25) is 4.79 Å². The number of aliphatic carboxylic acids is 1. The zero-order valence-electron chi connectivity index (χ0n) is 18.4. The van der Waals surface area contributed by atoms with Crippen LogP contribution in [-0.4, -0.2) is 17.7 Å². The van der Waals surface area contributed by atoms with E-state index in [0.29, 0.717) is 17.1 Å². The van der Waals surface area contributed by atoms with Gasteiger partial charge in [0.15, 0.2) is 0 Å². The Labute approximate surface area is 201 Å². The number of nitrogens with zero attached hydrogens (tertiary/aromatic N) is 1. The lowest BCUT2D eigenvalue weighted by molar-refractivity contribution is -0.146. The van der Waals surface area contributed by atoms with E-state index >= 15 is 0 Å².